The summed E-state index contributed by atoms with van der Waals surface area (Å²) in [6, 6.07) is 8.57. The van der Waals surface area contributed by atoms with Gasteiger partial charge in [-0.3, -0.25) is 28.6 Å². The summed E-state index contributed by atoms with van der Waals surface area (Å²) < 4.78 is 14.4. The number of aliphatic hydroxyl groups is 1. The molecule has 11 heteroatoms. The normalized spacial score (nSPS) is 33.0. The van der Waals surface area contributed by atoms with Gasteiger partial charge in [-0.15, -0.1) is 9.67 Å². The van der Waals surface area contributed by atoms with Gasteiger partial charge in [0.25, 0.3) is 11.8 Å². The van der Waals surface area contributed by atoms with Crippen molar-refractivity contribution < 1.29 is 33.7 Å². The number of hydroxylamine groups is 2. The van der Waals surface area contributed by atoms with Crippen LogP contribution in [0.2, 0.25) is 0 Å². The van der Waals surface area contributed by atoms with E-state index in [4.69, 9.17) is 9.68 Å². The van der Waals surface area contributed by atoms with Crippen LogP contribution in [0.25, 0.3) is 0 Å². The summed E-state index contributed by atoms with van der Waals surface area (Å²) in [7, 11) is -0.272. The fraction of sp³-hybridized carbons (Fsp3) is 0.559. The largest absolute Gasteiger partial charge is 0.386 e. The molecule has 238 valence electrons. The first-order valence-electron chi connectivity index (χ1n) is 16.0. The van der Waals surface area contributed by atoms with Crippen molar-refractivity contribution in [1.29, 1.82) is 0 Å². The number of hydrogen-bond donors (Lipinski definition) is 1. The number of fused-ring (bicyclic) bond motifs is 4. The zero-order valence-corrected chi connectivity index (χ0v) is 27.0. The van der Waals surface area contributed by atoms with Crippen molar-refractivity contribution in [3.63, 3.8) is 0 Å². The molecule has 1 N–H and O–H groups in total. The second-order valence-corrected chi connectivity index (χ2v) is 15.7. The first kappa shape index (κ1) is 30.4. The predicted molar refractivity (Wildman–Crippen MR) is 166 cm³/mol. The first-order chi connectivity index (χ1) is 21.4. The van der Waals surface area contributed by atoms with Gasteiger partial charge in [-0.2, -0.15) is 0 Å². The van der Waals surface area contributed by atoms with Crippen LogP contribution >= 0.6 is 7.44 Å². The van der Waals surface area contributed by atoms with E-state index in [-0.39, 0.29) is 49.6 Å². The van der Waals surface area contributed by atoms with Crippen molar-refractivity contribution in [2.75, 3.05) is 32.2 Å². The Morgan fingerprint density at radius 3 is 2.22 bits per heavy atom. The lowest BCUT2D eigenvalue weighted by atomic mass is 9.51. The van der Waals surface area contributed by atoms with E-state index in [1.54, 1.807) is 0 Å². The molecule has 2 saturated carbocycles. The molecule has 45 heavy (non-hydrogen) atoms. The van der Waals surface area contributed by atoms with Crippen molar-refractivity contribution >= 4 is 30.7 Å². The summed E-state index contributed by atoms with van der Waals surface area (Å²) in [6.07, 6.45) is 6.58. The van der Waals surface area contributed by atoms with E-state index in [0.717, 1.165) is 42.5 Å². The van der Waals surface area contributed by atoms with Gasteiger partial charge in [-0.25, -0.2) is 0 Å². The molecule has 0 bridgehead atoms. The molecule has 2 aliphatic heterocycles. The van der Waals surface area contributed by atoms with Crippen LogP contribution in [0.15, 0.2) is 47.1 Å². The van der Waals surface area contributed by atoms with Crippen molar-refractivity contribution in [2.45, 2.75) is 76.2 Å². The molecular formula is C34H40N3O7P. The Labute approximate surface area is 263 Å². The number of ketones is 1. The number of amides is 2. The summed E-state index contributed by atoms with van der Waals surface area (Å²) >= 11 is 0. The highest BCUT2D eigenvalue weighted by molar-refractivity contribution is 7.65. The number of carbonyl (C=O) groups is 3. The highest BCUT2D eigenvalue weighted by Crippen LogP contribution is 2.67. The Morgan fingerprint density at radius 1 is 0.956 bits per heavy atom. The van der Waals surface area contributed by atoms with Gasteiger partial charge in [0.2, 0.25) is 0 Å². The van der Waals surface area contributed by atoms with Crippen molar-refractivity contribution in [3.8, 4) is 11.6 Å². The Balaban J connectivity index is 1.32. The minimum atomic E-state index is -4.29. The predicted octanol–water partition coefficient (Wildman–Crippen LogP) is 4.87. The van der Waals surface area contributed by atoms with Gasteiger partial charge in [-0.1, -0.05) is 30.6 Å². The van der Waals surface area contributed by atoms with E-state index < -0.39 is 30.3 Å². The van der Waals surface area contributed by atoms with Crippen LogP contribution in [0.4, 0.5) is 5.69 Å². The maximum Gasteiger partial charge on any atom is 0.386 e. The number of anilines is 1. The van der Waals surface area contributed by atoms with Gasteiger partial charge in [0.15, 0.2) is 5.78 Å². The topological polar surface area (TPSA) is 117 Å². The molecule has 2 amide bonds. The van der Waals surface area contributed by atoms with Crippen molar-refractivity contribution in [3.05, 3.63) is 52.6 Å². The van der Waals surface area contributed by atoms with Crippen LogP contribution in [0.3, 0.4) is 0 Å². The average molecular weight is 634 g/mol. The maximum atomic E-state index is 14.4. The number of rotatable bonds is 4. The highest BCUT2D eigenvalue weighted by Gasteiger charge is 2.63. The van der Waals surface area contributed by atoms with Crippen LogP contribution in [0, 0.1) is 28.8 Å². The lowest BCUT2D eigenvalue weighted by molar-refractivity contribution is -0.151. The van der Waals surface area contributed by atoms with Crippen LogP contribution in [-0.4, -0.2) is 65.3 Å². The standard InChI is InChI=1S/C34H40N3O7P/c1-33-21-28(22-4-7-24(8-5-22)35(2)3)32-26-11-9-25(38)20-23(26)6-10-27(32)29(33)12-15-34(33,41)16-19-45(42,36-30(39)13-17-43-36)37-31(40)14-18-44-37/h4-5,7-8,20,27-29,41H,6,9-15,17-18,21H2,1-3H3/t27?,28-,29+,33+,34-/m1/s1. The van der Waals surface area contributed by atoms with Gasteiger partial charge >= 0.3 is 7.44 Å². The fourth-order valence-corrected chi connectivity index (χ4v) is 10.7. The summed E-state index contributed by atoms with van der Waals surface area (Å²) in [4.78, 5) is 52.1. The third-order valence-corrected chi connectivity index (χ3v) is 13.1. The molecule has 2 heterocycles. The second kappa shape index (κ2) is 10.9. The molecular weight excluding hydrogens is 593 g/mol. The summed E-state index contributed by atoms with van der Waals surface area (Å²) in [6.45, 7) is 2.16. The third-order valence-electron chi connectivity index (χ3n) is 11.1. The zero-order valence-electron chi connectivity index (χ0n) is 26.1. The number of nitrogens with zero attached hydrogens (tertiary/aromatic N) is 3. The van der Waals surface area contributed by atoms with Gasteiger partial charge in [0.05, 0.1) is 26.1 Å². The van der Waals surface area contributed by atoms with Crippen LogP contribution in [0.5, 0.6) is 0 Å². The first-order valence-corrected chi connectivity index (χ1v) is 17.6. The molecule has 4 aliphatic carbocycles. The minimum absolute atomic E-state index is 0.00424. The number of hydrogen-bond acceptors (Lipinski definition) is 8. The SMILES string of the molecule is CN(C)c1ccc([C@H]2C[C@@]3(C)[C@@H](CC[C@@]3(O)C#CP(=O)(N3OCCC3=O)N3OCCC3=O)C3CCC4=CC(=O)CCC4=C32)cc1. The Hall–Kier alpha value is -3.22. The molecule has 2 saturated heterocycles. The van der Waals surface area contributed by atoms with E-state index in [9.17, 15) is 24.1 Å². The van der Waals surface area contributed by atoms with Gasteiger partial charge in [0, 0.05) is 43.2 Å². The fourth-order valence-electron chi connectivity index (χ4n) is 8.74. The maximum absolute atomic E-state index is 14.4. The number of benzene rings is 1. The number of carbonyl (C=O) groups excluding carboxylic acids is 3. The third kappa shape index (κ3) is 4.74. The van der Waals surface area contributed by atoms with E-state index in [2.05, 4.69) is 47.7 Å². The Kier molecular flexibility index (Phi) is 7.40. The van der Waals surface area contributed by atoms with Gasteiger partial charge in [0.1, 0.15) is 5.60 Å². The summed E-state index contributed by atoms with van der Waals surface area (Å²) in [5.74, 6) is 2.45. The van der Waals surface area contributed by atoms with Crippen LogP contribution in [-0.2, 0) is 28.6 Å². The molecule has 5 atom stereocenters. The van der Waals surface area contributed by atoms with Crippen LogP contribution in [0.1, 0.15) is 76.2 Å². The summed E-state index contributed by atoms with van der Waals surface area (Å²) in [5, 5.41) is 12.5. The smallest absolute Gasteiger partial charge is 0.378 e. The molecule has 1 unspecified atom stereocenters. The van der Waals surface area contributed by atoms with Crippen molar-refractivity contribution in [2.24, 2.45) is 17.3 Å². The van der Waals surface area contributed by atoms with Crippen LogP contribution < -0.4 is 4.90 Å². The molecule has 0 radical (unpaired) electrons. The van der Waals surface area contributed by atoms with Crippen molar-refractivity contribution in [1.82, 2.24) is 9.67 Å². The van der Waals surface area contributed by atoms with Gasteiger partial charge in [-0.05, 0) is 85.3 Å². The van der Waals surface area contributed by atoms with E-state index in [1.165, 1.54) is 11.1 Å². The van der Waals surface area contributed by atoms with E-state index in [1.807, 2.05) is 20.2 Å². The lowest BCUT2D eigenvalue weighted by Gasteiger charge is -2.53. The van der Waals surface area contributed by atoms with Gasteiger partial charge < -0.3 is 10.0 Å². The zero-order chi connectivity index (χ0) is 31.7. The molecule has 6 aliphatic rings. The minimum Gasteiger partial charge on any atom is -0.378 e. The second-order valence-electron chi connectivity index (χ2n) is 13.7. The molecule has 4 fully saturated rings. The molecule has 1 aromatic carbocycles. The molecule has 7 rings (SSSR count). The number of allylic oxidation sites excluding steroid dienone is 4. The Morgan fingerprint density at radius 2 is 1.62 bits per heavy atom. The van der Waals surface area contributed by atoms with E-state index >= 15 is 0 Å². The quantitative estimate of drug-likeness (QED) is 0.369. The molecule has 0 aromatic heterocycles. The molecule has 0 spiro atoms. The summed E-state index contributed by atoms with van der Waals surface area (Å²) in [5.41, 5.74) is 6.65. The Bertz CT molecular complexity index is 1610. The lowest BCUT2D eigenvalue weighted by Crippen LogP contribution is -2.51. The molecule has 1 aromatic rings. The highest BCUT2D eigenvalue weighted by atomic mass is 31.2. The molecule has 10 nitrogen and oxygen atoms in total. The average Bonchev–Trinajstić information content (AvgIpc) is 3.73. The van der Waals surface area contributed by atoms with E-state index in [0.29, 0.717) is 28.9 Å². The monoisotopic (exact) mass is 633 g/mol.